The Kier molecular flexibility index (Phi) is 4.79. The van der Waals surface area contributed by atoms with E-state index in [2.05, 4.69) is 60.8 Å². The lowest BCUT2D eigenvalue weighted by molar-refractivity contribution is 0.412. The van der Waals surface area contributed by atoms with Crippen molar-refractivity contribution in [2.24, 2.45) is 0 Å². The van der Waals surface area contributed by atoms with Crippen LogP contribution in [-0.4, -0.2) is 13.2 Å². The van der Waals surface area contributed by atoms with Crippen molar-refractivity contribution >= 4 is 0 Å². The van der Waals surface area contributed by atoms with Crippen LogP contribution in [0.4, 0.5) is 0 Å². The predicted molar refractivity (Wildman–Crippen MR) is 91.4 cm³/mol. The van der Waals surface area contributed by atoms with Gasteiger partial charge in [-0.15, -0.1) is 0 Å². The van der Waals surface area contributed by atoms with Crippen molar-refractivity contribution in [2.75, 3.05) is 7.11 Å². The minimum Gasteiger partial charge on any atom is -0.497 e. The van der Waals surface area contributed by atoms with E-state index in [1.165, 1.54) is 36.0 Å². The molecule has 0 radical (unpaired) electrons. The van der Waals surface area contributed by atoms with Crippen LogP contribution in [0.2, 0.25) is 0 Å². The van der Waals surface area contributed by atoms with Gasteiger partial charge in [0, 0.05) is 12.1 Å². The third-order valence-electron chi connectivity index (χ3n) is 4.66. The molecular weight excluding hydrogens is 270 g/mol. The summed E-state index contributed by atoms with van der Waals surface area (Å²) >= 11 is 0. The molecule has 0 fully saturated rings. The van der Waals surface area contributed by atoms with E-state index in [1.54, 1.807) is 7.11 Å². The fraction of sp³-hybridized carbons (Fsp3) is 0.400. The van der Waals surface area contributed by atoms with Crippen LogP contribution in [-0.2, 0) is 12.8 Å². The SMILES string of the molecule is COc1ccc2c(c1)C[C@H](N[C@H](C)c1ccccc1)CCC2. The van der Waals surface area contributed by atoms with Crippen molar-refractivity contribution in [3.05, 3.63) is 65.2 Å². The molecule has 0 saturated carbocycles. The minimum absolute atomic E-state index is 0.387. The van der Waals surface area contributed by atoms with Crippen LogP contribution in [0.1, 0.15) is 42.5 Å². The molecule has 1 aliphatic rings. The first kappa shape index (κ1) is 15.1. The highest BCUT2D eigenvalue weighted by atomic mass is 16.5. The minimum atomic E-state index is 0.387. The van der Waals surface area contributed by atoms with Gasteiger partial charge >= 0.3 is 0 Å². The molecule has 0 aliphatic heterocycles. The van der Waals surface area contributed by atoms with E-state index in [1.807, 2.05) is 0 Å². The molecule has 2 heteroatoms. The van der Waals surface area contributed by atoms with Gasteiger partial charge in [-0.05, 0) is 61.4 Å². The number of nitrogens with one attached hydrogen (secondary N) is 1. The molecule has 2 aromatic rings. The van der Waals surface area contributed by atoms with Crippen molar-refractivity contribution < 1.29 is 4.74 Å². The molecule has 22 heavy (non-hydrogen) atoms. The lowest BCUT2D eigenvalue weighted by atomic mass is 10.00. The average molecular weight is 295 g/mol. The van der Waals surface area contributed by atoms with Gasteiger partial charge in [0.25, 0.3) is 0 Å². The summed E-state index contributed by atoms with van der Waals surface area (Å²) in [5.41, 5.74) is 4.28. The first-order valence-electron chi connectivity index (χ1n) is 8.23. The van der Waals surface area contributed by atoms with E-state index < -0.39 is 0 Å². The highest BCUT2D eigenvalue weighted by Gasteiger charge is 2.19. The number of fused-ring (bicyclic) bond motifs is 1. The average Bonchev–Trinajstić information content (AvgIpc) is 2.76. The molecule has 1 aliphatic carbocycles. The zero-order valence-electron chi connectivity index (χ0n) is 13.5. The van der Waals surface area contributed by atoms with Crippen LogP contribution in [0.3, 0.4) is 0 Å². The summed E-state index contributed by atoms with van der Waals surface area (Å²) in [5.74, 6) is 0.968. The van der Waals surface area contributed by atoms with Crippen molar-refractivity contribution in [1.82, 2.24) is 5.32 Å². The third-order valence-corrected chi connectivity index (χ3v) is 4.66. The van der Waals surface area contributed by atoms with Crippen LogP contribution in [0.5, 0.6) is 5.75 Å². The van der Waals surface area contributed by atoms with E-state index in [-0.39, 0.29) is 0 Å². The smallest absolute Gasteiger partial charge is 0.119 e. The monoisotopic (exact) mass is 295 g/mol. The molecule has 0 spiro atoms. The molecule has 0 unspecified atom stereocenters. The van der Waals surface area contributed by atoms with E-state index in [9.17, 15) is 0 Å². The third kappa shape index (κ3) is 3.50. The van der Waals surface area contributed by atoms with Gasteiger partial charge in [0.15, 0.2) is 0 Å². The fourth-order valence-electron chi connectivity index (χ4n) is 3.40. The second-order valence-corrected chi connectivity index (χ2v) is 6.23. The summed E-state index contributed by atoms with van der Waals surface area (Å²) in [6, 6.07) is 18.1. The van der Waals surface area contributed by atoms with Crippen molar-refractivity contribution in [2.45, 2.75) is 44.7 Å². The Morgan fingerprint density at radius 3 is 2.68 bits per heavy atom. The predicted octanol–water partition coefficient (Wildman–Crippen LogP) is 4.29. The maximum absolute atomic E-state index is 5.39. The topological polar surface area (TPSA) is 21.3 Å². The molecule has 116 valence electrons. The second-order valence-electron chi connectivity index (χ2n) is 6.23. The normalized spacial score (nSPS) is 19.1. The molecule has 0 saturated heterocycles. The quantitative estimate of drug-likeness (QED) is 0.849. The molecule has 2 aromatic carbocycles. The maximum atomic E-state index is 5.39. The molecule has 0 aromatic heterocycles. The second kappa shape index (κ2) is 6.97. The molecule has 0 bridgehead atoms. The summed E-state index contributed by atoms with van der Waals surface area (Å²) in [4.78, 5) is 0. The molecule has 2 atom stereocenters. The number of rotatable bonds is 4. The van der Waals surface area contributed by atoms with E-state index in [4.69, 9.17) is 4.74 Å². The van der Waals surface area contributed by atoms with Crippen LogP contribution in [0, 0.1) is 0 Å². The summed E-state index contributed by atoms with van der Waals surface area (Å²) in [6.45, 7) is 2.26. The van der Waals surface area contributed by atoms with Gasteiger partial charge < -0.3 is 10.1 Å². The Balaban J connectivity index is 1.72. The Morgan fingerprint density at radius 1 is 1.09 bits per heavy atom. The van der Waals surface area contributed by atoms with Gasteiger partial charge in [-0.1, -0.05) is 36.4 Å². The number of hydrogen-bond acceptors (Lipinski definition) is 2. The van der Waals surface area contributed by atoms with Gasteiger partial charge in [0.1, 0.15) is 5.75 Å². The van der Waals surface area contributed by atoms with Gasteiger partial charge in [-0.2, -0.15) is 0 Å². The first-order valence-corrected chi connectivity index (χ1v) is 8.23. The number of ether oxygens (including phenoxy) is 1. The van der Waals surface area contributed by atoms with Crippen LogP contribution in [0.15, 0.2) is 48.5 Å². The highest BCUT2D eigenvalue weighted by molar-refractivity contribution is 5.37. The lowest BCUT2D eigenvalue weighted by Gasteiger charge is -2.23. The van der Waals surface area contributed by atoms with Crippen LogP contribution >= 0.6 is 0 Å². The Labute approximate surface area is 133 Å². The Bertz CT molecular complexity index is 608. The fourth-order valence-corrected chi connectivity index (χ4v) is 3.40. The van der Waals surface area contributed by atoms with Crippen molar-refractivity contribution in [3.63, 3.8) is 0 Å². The largest absolute Gasteiger partial charge is 0.497 e. The number of aryl methyl sites for hydroxylation is 1. The van der Waals surface area contributed by atoms with Gasteiger partial charge in [0.2, 0.25) is 0 Å². The molecule has 0 amide bonds. The van der Waals surface area contributed by atoms with Gasteiger partial charge in [-0.3, -0.25) is 0 Å². The maximum Gasteiger partial charge on any atom is 0.119 e. The number of hydrogen-bond donors (Lipinski definition) is 1. The van der Waals surface area contributed by atoms with E-state index in [0.29, 0.717) is 12.1 Å². The summed E-state index contributed by atoms with van der Waals surface area (Å²) < 4.78 is 5.39. The molecule has 1 N–H and O–H groups in total. The van der Waals surface area contributed by atoms with E-state index in [0.717, 1.165) is 12.2 Å². The van der Waals surface area contributed by atoms with Gasteiger partial charge in [0.05, 0.1) is 7.11 Å². The Morgan fingerprint density at radius 2 is 1.91 bits per heavy atom. The van der Waals surface area contributed by atoms with Crippen molar-refractivity contribution in [1.29, 1.82) is 0 Å². The van der Waals surface area contributed by atoms with Crippen LogP contribution in [0.25, 0.3) is 0 Å². The lowest BCUT2D eigenvalue weighted by Crippen LogP contribution is -2.33. The number of methoxy groups -OCH3 is 1. The van der Waals surface area contributed by atoms with Gasteiger partial charge in [-0.25, -0.2) is 0 Å². The molecular formula is C20H25NO. The van der Waals surface area contributed by atoms with Crippen LogP contribution < -0.4 is 10.1 Å². The molecule has 2 nitrogen and oxygen atoms in total. The Hall–Kier alpha value is -1.80. The standard InChI is InChI=1S/C20H25NO/c1-15(16-7-4-3-5-8-16)21-19-10-6-9-17-11-12-20(22-2)14-18(17)13-19/h3-5,7-8,11-12,14-15,19,21H,6,9-10,13H2,1-2H3/t15-,19-/m1/s1. The first-order chi connectivity index (χ1) is 10.8. The summed E-state index contributed by atoms with van der Waals surface area (Å²) in [5, 5.41) is 3.81. The summed E-state index contributed by atoms with van der Waals surface area (Å²) in [7, 11) is 1.74. The molecule has 0 heterocycles. The zero-order valence-corrected chi connectivity index (χ0v) is 13.5. The van der Waals surface area contributed by atoms with E-state index >= 15 is 0 Å². The zero-order chi connectivity index (χ0) is 15.4. The number of benzene rings is 2. The summed E-state index contributed by atoms with van der Waals surface area (Å²) in [6.07, 6.45) is 4.74. The van der Waals surface area contributed by atoms with Crippen molar-refractivity contribution in [3.8, 4) is 5.75 Å². The molecule has 3 rings (SSSR count). The highest BCUT2D eigenvalue weighted by Crippen LogP contribution is 2.26.